The van der Waals surface area contributed by atoms with Crippen molar-refractivity contribution in [1.29, 1.82) is 0 Å². The van der Waals surface area contributed by atoms with Gasteiger partial charge in [-0.25, -0.2) is 4.79 Å². The van der Waals surface area contributed by atoms with Gasteiger partial charge in [-0.05, 0) is 36.3 Å². The van der Waals surface area contributed by atoms with E-state index in [-0.39, 0.29) is 10.1 Å². The zero-order valence-electron chi connectivity index (χ0n) is 20.7. The Morgan fingerprint density at radius 3 is 2.10 bits per heavy atom. The van der Waals surface area contributed by atoms with Crippen LogP contribution in [-0.4, -0.2) is 51.0 Å². The summed E-state index contributed by atoms with van der Waals surface area (Å²) >= 11 is 0. The summed E-state index contributed by atoms with van der Waals surface area (Å²) in [5, 5.41) is 0.0188. The van der Waals surface area contributed by atoms with Crippen LogP contribution < -0.4 is 17.0 Å². The van der Waals surface area contributed by atoms with Crippen molar-refractivity contribution < 1.29 is 13.6 Å². The third-order valence-electron chi connectivity index (χ3n) is 7.18. The highest BCUT2D eigenvalue weighted by atomic mass is 28.4. The SMILES string of the molecule is CC(C)(C)[Si](C)(C)OC[C@H]1O[C@@H](n2ccc(=O)[nH]c2=O)[C@H](O[Si](C)(C)C(C)(C)C)[C@@H]1N. The predicted molar refractivity (Wildman–Crippen MR) is 128 cm³/mol. The lowest BCUT2D eigenvalue weighted by Crippen LogP contribution is -2.52. The first-order chi connectivity index (χ1) is 13.9. The number of nitrogens with zero attached hydrogens (tertiary/aromatic N) is 1. The molecule has 3 N–H and O–H groups in total. The Kier molecular flexibility index (Phi) is 7.37. The number of H-pyrrole nitrogens is 1. The fraction of sp³-hybridized carbons (Fsp3) is 0.810. The number of hydrogen-bond donors (Lipinski definition) is 2. The molecule has 0 saturated carbocycles. The van der Waals surface area contributed by atoms with Crippen molar-refractivity contribution >= 4 is 16.6 Å². The second-order valence-corrected chi connectivity index (χ2v) is 21.1. The van der Waals surface area contributed by atoms with Gasteiger partial charge in [0.05, 0.1) is 18.8 Å². The summed E-state index contributed by atoms with van der Waals surface area (Å²) in [7, 11) is -4.22. The van der Waals surface area contributed by atoms with Gasteiger partial charge in [0.1, 0.15) is 6.10 Å². The molecule has 1 aromatic heterocycles. The average Bonchev–Trinajstić information content (AvgIpc) is 2.87. The normalized spacial score (nSPS) is 25.8. The van der Waals surface area contributed by atoms with E-state index >= 15 is 0 Å². The highest BCUT2D eigenvalue weighted by Crippen LogP contribution is 2.42. The third-order valence-corrected chi connectivity index (χ3v) is 16.2. The van der Waals surface area contributed by atoms with Crippen molar-refractivity contribution in [2.45, 2.75) is 102 Å². The Labute approximate surface area is 187 Å². The van der Waals surface area contributed by atoms with Crippen molar-refractivity contribution in [3.63, 3.8) is 0 Å². The van der Waals surface area contributed by atoms with Crippen LogP contribution in [0.2, 0.25) is 36.3 Å². The maximum absolute atomic E-state index is 12.5. The van der Waals surface area contributed by atoms with E-state index in [4.69, 9.17) is 19.3 Å². The molecule has 0 aliphatic carbocycles. The van der Waals surface area contributed by atoms with E-state index in [9.17, 15) is 9.59 Å². The minimum Gasteiger partial charge on any atom is -0.414 e. The number of rotatable bonds is 6. The van der Waals surface area contributed by atoms with Gasteiger partial charge in [-0.1, -0.05) is 41.5 Å². The van der Waals surface area contributed by atoms with Crippen molar-refractivity contribution in [3.05, 3.63) is 33.1 Å². The molecule has 0 aromatic carbocycles. The molecule has 31 heavy (non-hydrogen) atoms. The third kappa shape index (κ3) is 5.66. The highest BCUT2D eigenvalue weighted by Gasteiger charge is 2.50. The molecule has 0 radical (unpaired) electrons. The van der Waals surface area contributed by atoms with Crippen molar-refractivity contribution in [1.82, 2.24) is 9.55 Å². The lowest BCUT2D eigenvalue weighted by Gasteiger charge is -2.40. The second kappa shape index (κ2) is 8.71. The summed E-state index contributed by atoms with van der Waals surface area (Å²) < 4.78 is 20.7. The van der Waals surface area contributed by atoms with Crippen LogP contribution in [0.15, 0.2) is 21.9 Å². The maximum Gasteiger partial charge on any atom is 0.330 e. The lowest BCUT2D eigenvalue weighted by atomic mass is 10.1. The minimum atomic E-state index is -2.21. The van der Waals surface area contributed by atoms with Crippen LogP contribution in [0.25, 0.3) is 0 Å². The second-order valence-electron chi connectivity index (χ2n) is 11.6. The fourth-order valence-electron chi connectivity index (χ4n) is 2.91. The number of nitrogens with two attached hydrogens (primary N) is 1. The van der Waals surface area contributed by atoms with Gasteiger partial charge >= 0.3 is 5.69 Å². The summed E-state index contributed by atoms with van der Waals surface area (Å²) in [4.78, 5) is 26.4. The molecule has 0 unspecified atom stereocenters. The first-order valence-electron chi connectivity index (χ1n) is 10.9. The largest absolute Gasteiger partial charge is 0.414 e. The Bertz CT molecular complexity index is 882. The summed E-state index contributed by atoms with van der Waals surface area (Å²) in [5.74, 6) is 0. The Morgan fingerprint density at radius 2 is 1.61 bits per heavy atom. The van der Waals surface area contributed by atoms with Crippen molar-refractivity contribution in [2.75, 3.05) is 6.61 Å². The molecule has 4 atom stereocenters. The fourth-order valence-corrected chi connectivity index (χ4v) is 5.23. The maximum atomic E-state index is 12.5. The minimum absolute atomic E-state index is 0.0387. The van der Waals surface area contributed by atoms with E-state index in [1.807, 2.05) is 0 Å². The van der Waals surface area contributed by atoms with Gasteiger partial charge in [-0.2, -0.15) is 0 Å². The number of aromatic nitrogens is 2. The van der Waals surface area contributed by atoms with Gasteiger partial charge in [0.15, 0.2) is 22.9 Å². The van der Waals surface area contributed by atoms with E-state index in [0.29, 0.717) is 6.61 Å². The number of aromatic amines is 1. The smallest absolute Gasteiger partial charge is 0.330 e. The molecule has 1 aliphatic rings. The molecule has 2 heterocycles. The van der Waals surface area contributed by atoms with Gasteiger partial charge < -0.3 is 19.3 Å². The molecule has 0 amide bonds. The average molecular weight is 472 g/mol. The molecule has 8 nitrogen and oxygen atoms in total. The Balaban J connectivity index is 2.37. The lowest BCUT2D eigenvalue weighted by molar-refractivity contribution is -0.0489. The molecular formula is C21H41N3O5Si2. The van der Waals surface area contributed by atoms with Gasteiger partial charge in [-0.3, -0.25) is 14.3 Å². The molecule has 0 bridgehead atoms. The predicted octanol–water partition coefficient (Wildman–Crippen LogP) is 3.17. The summed E-state index contributed by atoms with van der Waals surface area (Å²) in [6, 6.07) is 0.835. The van der Waals surface area contributed by atoms with Crippen LogP contribution in [0.1, 0.15) is 47.8 Å². The molecular weight excluding hydrogens is 430 g/mol. The van der Waals surface area contributed by atoms with Crippen LogP contribution in [0, 0.1) is 0 Å². The highest BCUT2D eigenvalue weighted by molar-refractivity contribution is 6.74. The molecule has 0 spiro atoms. The summed E-state index contributed by atoms with van der Waals surface area (Å²) in [6.07, 6.45) is -0.246. The van der Waals surface area contributed by atoms with Gasteiger partial charge in [0.25, 0.3) is 5.56 Å². The first-order valence-corrected chi connectivity index (χ1v) is 16.7. The van der Waals surface area contributed by atoms with Gasteiger partial charge in [0, 0.05) is 12.3 Å². The number of nitrogens with one attached hydrogen (secondary N) is 1. The van der Waals surface area contributed by atoms with Gasteiger partial charge in [-0.15, -0.1) is 0 Å². The number of hydrogen-bond acceptors (Lipinski definition) is 6. The van der Waals surface area contributed by atoms with Crippen LogP contribution in [-0.2, 0) is 13.6 Å². The monoisotopic (exact) mass is 471 g/mol. The van der Waals surface area contributed by atoms with Gasteiger partial charge in [0.2, 0.25) is 0 Å². The molecule has 10 heteroatoms. The van der Waals surface area contributed by atoms with Crippen LogP contribution in [0.3, 0.4) is 0 Å². The van der Waals surface area contributed by atoms with Crippen LogP contribution in [0.5, 0.6) is 0 Å². The topological polar surface area (TPSA) is 109 Å². The standard InChI is InChI=1S/C21H41N3O5Si2/c1-20(2,3)30(7,8)27-13-14-16(22)17(29-31(9,10)21(4,5)6)18(28-14)24-12-11-15(25)23-19(24)26/h11-12,14,16-18H,13,22H2,1-10H3,(H,23,25,26)/t14-,16-,17-,18-/m1/s1. The summed E-state index contributed by atoms with van der Waals surface area (Å²) in [5.41, 5.74) is 5.64. The van der Waals surface area contributed by atoms with Crippen LogP contribution in [0.4, 0.5) is 0 Å². The molecule has 1 aliphatic heterocycles. The first kappa shape index (κ1) is 26.2. The molecule has 1 saturated heterocycles. The summed E-state index contributed by atoms with van der Waals surface area (Å²) in [6.45, 7) is 22.0. The van der Waals surface area contributed by atoms with E-state index in [0.717, 1.165) is 0 Å². The van der Waals surface area contributed by atoms with E-state index in [1.54, 1.807) is 0 Å². The molecule has 178 valence electrons. The molecule has 1 fully saturated rings. The zero-order chi connectivity index (χ0) is 24.0. The van der Waals surface area contributed by atoms with Crippen molar-refractivity contribution in [3.8, 4) is 0 Å². The van der Waals surface area contributed by atoms with E-state index < -0.39 is 52.4 Å². The molecule has 1 aromatic rings. The van der Waals surface area contributed by atoms with Crippen molar-refractivity contribution in [2.24, 2.45) is 5.73 Å². The zero-order valence-corrected chi connectivity index (χ0v) is 22.7. The van der Waals surface area contributed by atoms with E-state index in [2.05, 4.69) is 72.7 Å². The number of ether oxygens (including phenoxy) is 1. The molecule has 2 rings (SSSR count). The van der Waals surface area contributed by atoms with E-state index in [1.165, 1.54) is 16.8 Å². The Hall–Kier alpha value is -1.05. The van der Waals surface area contributed by atoms with Crippen LogP contribution >= 0.6 is 0 Å². The quantitative estimate of drug-likeness (QED) is 0.617. The Morgan fingerprint density at radius 1 is 1.06 bits per heavy atom.